The summed E-state index contributed by atoms with van der Waals surface area (Å²) in [4.78, 5) is 47.9. The van der Waals surface area contributed by atoms with Gasteiger partial charge in [-0.25, -0.2) is 0 Å². The summed E-state index contributed by atoms with van der Waals surface area (Å²) in [5, 5.41) is 14.5. The Kier molecular flexibility index (Phi) is 15.2. The average Bonchev–Trinajstić information content (AvgIpc) is 3.21. The van der Waals surface area contributed by atoms with Crippen LogP contribution >= 0.6 is 23.2 Å². The number of nitrogens with zero attached hydrogens (tertiary/aromatic N) is 4. The molecule has 0 bridgehead atoms. The number of rotatable bonds is 18. The highest BCUT2D eigenvalue weighted by atomic mass is 35.5. The molecule has 1 N–H and O–H groups in total. The van der Waals surface area contributed by atoms with Gasteiger partial charge < -0.3 is 24.4 Å². The van der Waals surface area contributed by atoms with Crippen molar-refractivity contribution in [3.63, 3.8) is 0 Å². The van der Waals surface area contributed by atoms with E-state index in [1.165, 1.54) is 20.2 Å². The van der Waals surface area contributed by atoms with Crippen LogP contribution in [-0.2, 0) is 4.79 Å². The lowest BCUT2D eigenvalue weighted by molar-refractivity contribution is -0.139. The fourth-order valence-corrected chi connectivity index (χ4v) is 7.76. The molecule has 1 fully saturated rings. The first-order valence-corrected chi connectivity index (χ1v) is 20.1. The minimum absolute atomic E-state index is 0.0536. The van der Waals surface area contributed by atoms with Gasteiger partial charge in [0, 0.05) is 79.9 Å². The topological polar surface area (TPSA) is 134 Å². The predicted octanol–water partition coefficient (Wildman–Crippen LogP) is 9.31. The number of ether oxygens (including phenoxy) is 3. The summed E-state index contributed by atoms with van der Waals surface area (Å²) in [6.07, 6.45) is 4.66. The Morgan fingerprint density at radius 1 is 0.947 bits per heavy atom. The molecule has 0 spiro atoms. The summed E-state index contributed by atoms with van der Waals surface area (Å²) in [7, 11) is 3.07. The molecule has 0 saturated carbocycles. The van der Waals surface area contributed by atoms with Crippen molar-refractivity contribution < 1.29 is 28.6 Å². The van der Waals surface area contributed by atoms with Crippen molar-refractivity contribution in [2.75, 3.05) is 58.9 Å². The number of aryl methyl sites for hydroxylation is 1. The molecule has 0 radical (unpaired) electrons. The Bertz CT molecular complexity index is 2150. The Labute approximate surface area is 345 Å². The number of Topliss-reactive ketones (excluding diaryl/α,β-unsaturated/α-hetero) is 2. The zero-order chi connectivity index (χ0) is 41.2. The molecule has 1 aromatic heterocycles. The molecule has 4 aromatic rings. The number of pyridine rings is 1. The van der Waals surface area contributed by atoms with Crippen molar-refractivity contribution in [2.24, 2.45) is 11.8 Å². The van der Waals surface area contributed by atoms with Gasteiger partial charge in [0.25, 0.3) is 0 Å². The van der Waals surface area contributed by atoms with Crippen LogP contribution in [0, 0.1) is 30.1 Å². The number of anilines is 2. The predicted molar refractivity (Wildman–Crippen MR) is 225 cm³/mol. The number of halogens is 2. The highest BCUT2D eigenvalue weighted by Gasteiger charge is 2.30. The molecule has 1 aliphatic heterocycles. The summed E-state index contributed by atoms with van der Waals surface area (Å²) in [5.74, 6) is 1.48. The molecule has 57 heavy (non-hydrogen) atoms. The zero-order valence-corrected chi connectivity index (χ0v) is 35.1. The number of nitrogens with one attached hydrogen (secondary N) is 1. The number of hydrogen-bond acceptors (Lipinski definition) is 10. The Morgan fingerprint density at radius 2 is 1.68 bits per heavy atom. The summed E-state index contributed by atoms with van der Waals surface area (Å²) >= 11 is 12.7. The first-order valence-electron chi connectivity index (χ1n) is 19.4. The summed E-state index contributed by atoms with van der Waals surface area (Å²) in [6.45, 7) is 11.7. The van der Waals surface area contributed by atoms with Gasteiger partial charge in [-0.1, -0.05) is 61.2 Å². The Hall–Kier alpha value is -4.89. The van der Waals surface area contributed by atoms with Crippen LogP contribution in [0.15, 0.2) is 48.7 Å². The molecule has 11 nitrogen and oxygen atoms in total. The average molecular weight is 817 g/mol. The molecule has 1 saturated heterocycles. The first-order chi connectivity index (χ1) is 27.4. The molecule has 13 heteroatoms. The van der Waals surface area contributed by atoms with Gasteiger partial charge in [-0.2, -0.15) is 5.26 Å². The molecular weight excluding hydrogens is 765 g/mol. The molecule has 2 atom stereocenters. The van der Waals surface area contributed by atoms with Gasteiger partial charge in [-0.3, -0.25) is 24.3 Å². The molecule has 0 aliphatic carbocycles. The molecule has 5 rings (SSSR count). The first kappa shape index (κ1) is 43.2. The minimum Gasteiger partial charge on any atom is -0.495 e. The number of amides is 1. The molecule has 2 heterocycles. The van der Waals surface area contributed by atoms with Gasteiger partial charge >= 0.3 is 0 Å². The largest absolute Gasteiger partial charge is 0.495 e. The minimum atomic E-state index is -0.156. The SMILES string of the molecule is CC[C@H](C)[C@H](CCCC(=O)c1ccc(C)cc1C(C)=O)C(=O)N1CCN(CCCOc2cc3ncc(C#N)c(Nc4cc(OC)c(Cl)cc4Cl)c3cc2OC)CC1. The maximum Gasteiger partial charge on any atom is 0.226 e. The highest BCUT2D eigenvalue weighted by molar-refractivity contribution is 6.37. The van der Waals surface area contributed by atoms with E-state index in [9.17, 15) is 19.6 Å². The number of ketones is 2. The van der Waals surface area contributed by atoms with Gasteiger partial charge in [0.05, 0.1) is 53.3 Å². The monoisotopic (exact) mass is 815 g/mol. The van der Waals surface area contributed by atoms with Gasteiger partial charge in [0.1, 0.15) is 11.8 Å². The number of piperazine rings is 1. The van der Waals surface area contributed by atoms with Gasteiger partial charge in [-0.15, -0.1) is 0 Å². The van der Waals surface area contributed by atoms with Crippen molar-refractivity contribution in [2.45, 2.75) is 59.8 Å². The normalized spacial score (nSPS) is 14.1. The van der Waals surface area contributed by atoms with Crippen molar-refractivity contribution >= 4 is 63.0 Å². The summed E-state index contributed by atoms with van der Waals surface area (Å²) < 4.78 is 17.3. The zero-order valence-electron chi connectivity index (χ0n) is 33.5. The maximum atomic E-state index is 13.8. The van der Waals surface area contributed by atoms with Gasteiger partial charge in [-0.05, 0) is 57.2 Å². The second kappa shape index (κ2) is 20.0. The Balaban J connectivity index is 1.14. The van der Waals surface area contributed by atoms with E-state index in [1.807, 2.05) is 17.9 Å². The van der Waals surface area contributed by atoms with E-state index in [0.717, 1.165) is 38.0 Å². The quantitative estimate of drug-likeness (QED) is 0.0765. The van der Waals surface area contributed by atoms with Crippen molar-refractivity contribution in [1.82, 2.24) is 14.8 Å². The van der Waals surface area contributed by atoms with E-state index in [-0.39, 0.29) is 29.3 Å². The van der Waals surface area contributed by atoms with E-state index < -0.39 is 0 Å². The van der Waals surface area contributed by atoms with Crippen LogP contribution in [0.4, 0.5) is 11.4 Å². The second-order valence-corrected chi connectivity index (χ2v) is 15.4. The van der Waals surface area contributed by atoms with E-state index in [1.54, 1.807) is 43.5 Å². The van der Waals surface area contributed by atoms with Crippen LogP contribution in [0.2, 0.25) is 10.0 Å². The lowest BCUT2D eigenvalue weighted by atomic mass is 9.85. The summed E-state index contributed by atoms with van der Waals surface area (Å²) in [5.41, 5.74) is 3.80. The molecule has 1 amide bonds. The van der Waals surface area contributed by atoms with Crippen LogP contribution in [-0.4, -0.2) is 85.8 Å². The summed E-state index contributed by atoms with van der Waals surface area (Å²) in [6, 6.07) is 14.4. The maximum absolute atomic E-state index is 13.8. The number of nitriles is 1. The van der Waals surface area contributed by atoms with E-state index in [4.69, 9.17) is 37.4 Å². The van der Waals surface area contributed by atoms with Crippen molar-refractivity contribution in [3.8, 4) is 23.3 Å². The van der Waals surface area contributed by atoms with Crippen LogP contribution < -0.4 is 19.5 Å². The number of carbonyl (C=O) groups is 3. The highest BCUT2D eigenvalue weighted by Crippen LogP contribution is 2.40. The molecule has 3 aromatic carbocycles. The third kappa shape index (κ3) is 10.5. The molecule has 1 aliphatic rings. The van der Waals surface area contributed by atoms with Gasteiger partial charge in [0.15, 0.2) is 23.1 Å². The number of fused-ring (bicyclic) bond motifs is 1. The lowest BCUT2D eigenvalue weighted by Gasteiger charge is -2.37. The van der Waals surface area contributed by atoms with Crippen molar-refractivity contribution in [1.29, 1.82) is 5.26 Å². The van der Waals surface area contributed by atoms with Crippen LogP contribution in [0.5, 0.6) is 17.2 Å². The van der Waals surface area contributed by atoms with Crippen LogP contribution in [0.3, 0.4) is 0 Å². The van der Waals surface area contributed by atoms with E-state index in [0.29, 0.717) is 105 Å². The fraction of sp³-hybridized carbons (Fsp3) is 0.432. The third-order valence-electron chi connectivity index (χ3n) is 10.8. The smallest absolute Gasteiger partial charge is 0.226 e. The van der Waals surface area contributed by atoms with E-state index in [2.05, 4.69) is 35.1 Å². The van der Waals surface area contributed by atoms with Gasteiger partial charge in [0.2, 0.25) is 5.91 Å². The molecular formula is C44H51Cl2N5O6. The Morgan fingerprint density at radius 3 is 2.35 bits per heavy atom. The fourth-order valence-electron chi connectivity index (χ4n) is 7.25. The number of benzene rings is 3. The van der Waals surface area contributed by atoms with Crippen LogP contribution in [0.25, 0.3) is 10.9 Å². The number of hydrogen-bond donors (Lipinski definition) is 1. The number of aromatic nitrogens is 1. The second-order valence-electron chi connectivity index (χ2n) is 14.6. The molecule has 0 unspecified atom stereocenters. The van der Waals surface area contributed by atoms with E-state index >= 15 is 0 Å². The third-order valence-corrected chi connectivity index (χ3v) is 11.4. The van der Waals surface area contributed by atoms with Crippen molar-refractivity contribution in [3.05, 3.63) is 81.0 Å². The lowest BCUT2D eigenvalue weighted by Crippen LogP contribution is -2.51. The number of methoxy groups -OCH3 is 2. The van der Waals surface area contributed by atoms with Crippen LogP contribution in [0.1, 0.15) is 84.7 Å². The standard InChI is InChI=1S/C44H51Cl2N5O6/c1-7-28(3)31(10-8-11-39(53)32-13-12-27(2)20-33(32)29(4)52)44(54)51-17-15-50(16-18-51)14-9-19-57-42-23-37-34(21-41(42)56-6)43(30(25-47)26-48-37)49-38-24-40(55-5)36(46)22-35(38)45/h12-13,20-24,26,28,31H,7-11,14-19H2,1-6H3,(H,48,49)/t28-,31-/m0/s1. The molecule has 302 valence electrons. The number of carbonyl (C=O) groups excluding carboxylic acids is 3.